The van der Waals surface area contributed by atoms with E-state index in [0.29, 0.717) is 30.9 Å². The summed E-state index contributed by atoms with van der Waals surface area (Å²) in [6, 6.07) is 2.95. The van der Waals surface area contributed by atoms with Crippen LogP contribution in [0.1, 0.15) is 73.4 Å². The zero-order valence-electron chi connectivity index (χ0n) is 28.0. The molecular weight excluding hydrogens is 715 g/mol. The number of ether oxygens (including phenoxy) is 1. The first-order valence-electron chi connectivity index (χ1n) is 16.1. The van der Waals surface area contributed by atoms with E-state index in [0.717, 1.165) is 56.5 Å². The van der Waals surface area contributed by atoms with Crippen molar-refractivity contribution in [1.82, 2.24) is 9.97 Å². The highest BCUT2D eigenvalue weighted by Crippen LogP contribution is 2.40. The summed E-state index contributed by atoms with van der Waals surface area (Å²) in [5.41, 5.74) is -4.04. The van der Waals surface area contributed by atoms with E-state index in [4.69, 9.17) is 4.74 Å². The van der Waals surface area contributed by atoms with Gasteiger partial charge in [-0.05, 0) is 99.4 Å². The highest BCUT2D eigenvalue weighted by molar-refractivity contribution is 7.90. The van der Waals surface area contributed by atoms with Gasteiger partial charge in [0.2, 0.25) is 5.95 Å². The number of halogens is 9. The van der Waals surface area contributed by atoms with Crippen molar-refractivity contribution in [3.63, 3.8) is 0 Å². The van der Waals surface area contributed by atoms with E-state index in [1.165, 1.54) is 17.9 Å². The maximum absolute atomic E-state index is 14.1. The summed E-state index contributed by atoms with van der Waals surface area (Å²) >= 11 is 0. The summed E-state index contributed by atoms with van der Waals surface area (Å²) < 4.78 is 154. The average Bonchev–Trinajstić information content (AvgIpc) is 3.04. The van der Waals surface area contributed by atoms with Gasteiger partial charge >= 0.3 is 18.5 Å². The molecule has 0 N–H and O–H groups in total. The Morgan fingerprint density at radius 2 is 1.43 bits per heavy atom. The molecule has 17 heteroatoms. The summed E-state index contributed by atoms with van der Waals surface area (Å²) in [6.45, 7) is 3.37. The Labute approximate surface area is 290 Å². The van der Waals surface area contributed by atoms with E-state index >= 15 is 0 Å². The lowest BCUT2D eigenvalue weighted by Crippen LogP contribution is -2.33. The molecule has 1 saturated carbocycles. The number of aromatic nitrogens is 2. The van der Waals surface area contributed by atoms with Crippen LogP contribution in [0.15, 0.2) is 48.8 Å². The Hall–Kier alpha value is -3.76. The zero-order valence-corrected chi connectivity index (χ0v) is 28.9. The van der Waals surface area contributed by atoms with Crippen LogP contribution in [0.25, 0.3) is 0 Å². The van der Waals surface area contributed by atoms with Crippen molar-refractivity contribution in [3.05, 3.63) is 83.0 Å². The van der Waals surface area contributed by atoms with E-state index in [1.807, 2.05) is 11.8 Å². The molecule has 1 heterocycles. The first-order chi connectivity index (χ1) is 23.7. The van der Waals surface area contributed by atoms with Crippen LogP contribution in [0.2, 0.25) is 0 Å². The van der Waals surface area contributed by atoms with Gasteiger partial charge in [0.05, 0.1) is 40.9 Å². The van der Waals surface area contributed by atoms with Crippen LogP contribution in [0, 0.1) is 12.3 Å². The van der Waals surface area contributed by atoms with Gasteiger partial charge in [-0.2, -0.15) is 39.5 Å². The van der Waals surface area contributed by atoms with Crippen molar-refractivity contribution in [3.8, 4) is 5.75 Å². The van der Waals surface area contributed by atoms with Crippen molar-refractivity contribution in [2.45, 2.75) is 70.6 Å². The fourth-order valence-electron chi connectivity index (χ4n) is 5.89. The van der Waals surface area contributed by atoms with E-state index in [2.05, 4.69) is 16.4 Å². The van der Waals surface area contributed by atoms with Crippen molar-refractivity contribution < 1.29 is 52.7 Å². The van der Waals surface area contributed by atoms with Crippen LogP contribution in [0.4, 0.5) is 51.1 Å². The zero-order chi connectivity index (χ0) is 37.8. The van der Waals surface area contributed by atoms with Crippen LogP contribution >= 0.6 is 0 Å². The second-order valence-corrected chi connectivity index (χ2v) is 14.8. The molecule has 0 bridgehead atoms. The average molecular weight is 754 g/mol. The van der Waals surface area contributed by atoms with Crippen molar-refractivity contribution >= 4 is 21.5 Å². The van der Waals surface area contributed by atoms with E-state index in [9.17, 15) is 47.9 Å². The smallest absolute Gasteiger partial charge is 0.416 e. The van der Waals surface area contributed by atoms with Gasteiger partial charge in [0, 0.05) is 31.6 Å². The molecule has 0 spiro atoms. The molecule has 1 atom stereocenters. The Kier molecular flexibility index (Phi) is 12.4. The lowest BCUT2D eigenvalue weighted by Gasteiger charge is -2.35. The van der Waals surface area contributed by atoms with Crippen molar-refractivity contribution in [1.29, 1.82) is 0 Å². The van der Waals surface area contributed by atoms with E-state index in [-0.39, 0.29) is 41.6 Å². The standard InChI is InChI=1S/C34H38F9N4O3S/c1-4-46(20-23-8-6-5-7-9-23)30-11-10-26(32(35,36)37)16-25(30)21-47(31-44-18-29(19-45-31)50-12-13-51(3,48)49)22(2)24-14-27(33(38,39)40)17-28(15-24)34(41,42)43/h5,10-11,14-19,22-23H,4,6-9,12-13,20-21H2,1-3H3/t22-/m0/s1. The fraction of sp³-hybridized carbons (Fsp3) is 0.500. The van der Waals surface area contributed by atoms with Crippen LogP contribution < -0.4 is 14.5 Å². The van der Waals surface area contributed by atoms with Crippen LogP contribution in [-0.4, -0.2) is 50.1 Å². The number of anilines is 2. The topological polar surface area (TPSA) is 75.6 Å². The lowest BCUT2D eigenvalue weighted by molar-refractivity contribution is -0.143. The molecule has 1 aliphatic carbocycles. The quantitative estimate of drug-likeness (QED) is 0.162. The monoisotopic (exact) mass is 753 g/mol. The summed E-state index contributed by atoms with van der Waals surface area (Å²) in [5.74, 6) is -0.307. The molecule has 4 rings (SSSR count). The number of alkyl halides is 9. The highest BCUT2D eigenvalue weighted by Gasteiger charge is 2.38. The molecule has 7 nitrogen and oxygen atoms in total. The van der Waals surface area contributed by atoms with Gasteiger partial charge < -0.3 is 14.5 Å². The highest BCUT2D eigenvalue weighted by atomic mass is 32.2. The van der Waals surface area contributed by atoms with Crippen molar-refractivity contribution in [2.24, 2.45) is 5.92 Å². The lowest BCUT2D eigenvalue weighted by atomic mass is 9.88. The fourth-order valence-corrected chi connectivity index (χ4v) is 6.28. The third kappa shape index (κ3) is 11.1. The predicted molar refractivity (Wildman–Crippen MR) is 174 cm³/mol. The Balaban J connectivity index is 1.84. The van der Waals surface area contributed by atoms with E-state index < -0.39 is 63.2 Å². The van der Waals surface area contributed by atoms with Gasteiger partial charge in [-0.3, -0.25) is 0 Å². The number of hydrogen-bond acceptors (Lipinski definition) is 7. The number of hydrogen-bond donors (Lipinski definition) is 0. The molecule has 0 saturated heterocycles. The molecule has 0 unspecified atom stereocenters. The van der Waals surface area contributed by atoms with Gasteiger partial charge in [-0.25, -0.2) is 18.4 Å². The van der Waals surface area contributed by atoms with Crippen LogP contribution in [0.5, 0.6) is 5.75 Å². The molecule has 1 radical (unpaired) electrons. The molecule has 0 aliphatic heterocycles. The largest absolute Gasteiger partial charge is 0.489 e. The second kappa shape index (κ2) is 15.9. The third-order valence-electron chi connectivity index (χ3n) is 8.66. The van der Waals surface area contributed by atoms with Gasteiger partial charge in [0.1, 0.15) is 6.61 Å². The first-order valence-corrected chi connectivity index (χ1v) is 18.2. The molecule has 3 aromatic rings. The summed E-state index contributed by atoms with van der Waals surface area (Å²) in [7, 11) is -3.38. The molecule has 1 fully saturated rings. The molecule has 0 amide bonds. The third-order valence-corrected chi connectivity index (χ3v) is 9.57. The van der Waals surface area contributed by atoms with Gasteiger partial charge in [0.25, 0.3) is 0 Å². The molecule has 2 aromatic carbocycles. The van der Waals surface area contributed by atoms with E-state index in [1.54, 1.807) is 0 Å². The second-order valence-electron chi connectivity index (χ2n) is 12.5. The molecule has 281 valence electrons. The Morgan fingerprint density at radius 3 is 1.94 bits per heavy atom. The minimum Gasteiger partial charge on any atom is -0.489 e. The van der Waals surface area contributed by atoms with Gasteiger partial charge in [-0.15, -0.1) is 0 Å². The summed E-state index contributed by atoms with van der Waals surface area (Å²) in [5, 5.41) is 0. The normalized spacial score (nSPS) is 15.5. The van der Waals surface area contributed by atoms with Gasteiger partial charge in [-0.1, -0.05) is 0 Å². The van der Waals surface area contributed by atoms with Crippen molar-refractivity contribution in [2.75, 3.05) is 41.5 Å². The number of benzene rings is 2. The number of nitrogens with zero attached hydrogens (tertiary/aromatic N) is 4. The molecule has 51 heavy (non-hydrogen) atoms. The maximum atomic E-state index is 14.1. The summed E-state index contributed by atoms with van der Waals surface area (Å²) in [4.78, 5) is 11.5. The minimum atomic E-state index is -5.14. The molecular formula is C34H38F9N4O3S. The number of sulfone groups is 1. The van der Waals surface area contributed by atoms with Crippen LogP contribution in [-0.2, 0) is 34.9 Å². The minimum absolute atomic E-state index is 0.00719. The first kappa shape index (κ1) is 40.0. The van der Waals surface area contributed by atoms with Crippen LogP contribution in [0.3, 0.4) is 0 Å². The van der Waals surface area contributed by atoms with Gasteiger partial charge in [0.15, 0.2) is 15.6 Å². The molecule has 1 aliphatic rings. The number of rotatable bonds is 13. The maximum Gasteiger partial charge on any atom is 0.416 e. The predicted octanol–water partition coefficient (Wildman–Crippen LogP) is 8.94. The summed E-state index contributed by atoms with van der Waals surface area (Å²) in [6.07, 6.45) is -6.04. The Morgan fingerprint density at radius 1 is 0.863 bits per heavy atom. The SMILES string of the molecule is CCN(CC1CC[CH]CC1)c1ccc(C(F)(F)F)cc1CN(c1ncc(OCCS(C)(=O)=O)cn1)[C@@H](C)c1cc(C(F)(F)F)cc(C(F)(F)F)c1. The Bertz CT molecular complexity index is 1690. The molecule has 1 aromatic heterocycles.